The van der Waals surface area contributed by atoms with E-state index >= 15 is 0 Å². The van der Waals surface area contributed by atoms with Crippen LogP contribution in [0.3, 0.4) is 0 Å². The molecule has 20 heavy (non-hydrogen) atoms. The molecule has 1 nitrogen and oxygen atoms in total. The molecule has 2 aromatic rings. The number of anilines is 1. The zero-order chi connectivity index (χ0) is 14.9. The second kappa shape index (κ2) is 6.57. The Morgan fingerprint density at radius 3 is 2.35 bits per heavy atom. The van der Waals surface area contributed by atoms with E-state index in [1.165, 1.54) is 0 Å². The van der Waals surface area contributed by atoms with Crippen LogP contribution in [0.4, 0.5) is 5.69 Å². The predicted octanol–water partition coefficient (Wildman–Crippen LogP) is 6.89. The standard InChI is InChI=1S/C15H13BrCl3N/c1-8-5-14(19)15(7-12(8)17)20-9(2)11-4-3-10(16)6-13(11)18/h3-7,9,20H,1-2H3. The number of hydrogen-bond acceptors (Lipinski definition) is 1. The quantitative estimate of drug-likeness (QED) is 0.598. The summed E-state index contributed by atoms with van der Waals surface area (Å²) in [5, 5.41) is 5.37. The molecule has 0 aliphatic carbocycles. The van der Waals surface area contributed by atoms with Crippen LogP contribution >= 0.6 is 50.7 Å². The lowest BCUT2D eigenvalue weighted by molar-refractivity contribution is 0.884. The molecule has 0 saturated carbocycles. The molecule has 0 aliphatic rings. The molecule has 0 aliphatic heterocycles. The van der Waals surface area contributed by atoms with Crippen LogP contribution < -0.4 is 5.32 Å². The van der Waals surface area contributed by atoms with Gasteiger partial charge in [-0.25, -0.2) is 0 Å². The molecule has 0 heterocycles. The Bertz CT molecular complexity index is 643. The minimum absolute atomic E-state index is 0.0203. The number of halogens is 4. The molecule has 0 amide bonds. The van der Waals surface area contributed by atoms with E-state index in [2.05, 4.69) is 21.2 Å². The SMILES string of the molecule is Cc1cc(Cl)c(NC(C)c2ccc(Br)cc2Cl)cc1Cl. The van der Waals surface area contributed by atoms with Gasteiger partial charge in [-0.3, -0.25) is 0 Å². The highest BCUT2D eigenvalue weighted by Crippen LogP contribution is 2.33. The number of aryl methyl sites for hydroxylation is 1. The molecule has 1 atom stereocenters. The fourth-order valence-electron chi connectivity index (χ4n) is 1.92. The molecule has 0 bridgehead atoms. The van der Waals surface area contributed by atoms with E-state index in [1.54, 1.807) is 0 Å². The van der Waals surface area contributed by atoms with Crippen molar-refractivity contribution in [3.05, 3.63) is 61.0 Å². The molecule has 0 fully saturated rings. The Balaban J connectivity index is 2.27. The van der Waals surface area contributed by atoms with Crippen LogP contribution in [-0.2, 0) is 0 Å². The fourth-order valence-corrected chi connectivity index (χ4v) is 3.19. The highest BCUT2D eigenvalue weighted by atomic mass is 79.9. The molecule has 2 rings (SSSR count). The minimum atomic E-state index is 0.0203. The maximum Gasteiger partial charge on any atom is 0.0641 e. The summed E-state index contributed by atoms with van der Waals surface area (Å²) in [6.45, 7) is 3.95. The van der Waals surface area contributed by atoms with Crippen molar-refractivity contribution in [2.45, 2.75) is 19.9 Å². The van der Waals surface area contributed by atoms with Crippen LogP contribution in [-0.4, -0.2) is 0 Å². The van der Waals surface area contributed by atoms with Crippen LogP contribution in [0.25, 0.3) is 0 Å². The van der Waals surface area contributed by atoms with Gasteiger partial charge in [0.25, 0.3) is 0 Å². The second-order valence-corrected chi connectivity index (χ2v) is 6.75. The van der Waals surface area contributed by atoms with Gasteiger partial charge in [-0.15, -0.1) is 0 Å². The first kappa shape index (κ1) is 16.0. The largest absolute Gasteiger partial charge is 0.377 e. The van der Waals surface area contributed by atoms with Gasteiger partial charge in [-0.05, 0) is 49.2 Å². The number of benzene rings is 2. The van der Waals surface area contributed by atoms with E-state index in [1.807, 2.05) is 44.2 Å². The maximum absolute atomic E-state index is 6.26. The molecule has 0 spiro atoms. The van der Waals surface area contributed by atoms with Crippen molar-refractivity contribution in [3.8, 4) is 0 Å². The third-order valence-corrected chi connectivity index (χ3v) is 4.59. The normalized spacial score (nSPS) is 12.3. The van der Waals surface area contributed by atoms with E-state index < -0.39 is 0 Å². The summed E-state index contributed by atoms with van der Waals surface area (Å²) >= 11 is 22.0. The van der Waals surface area contributed by atoms with E-state index in [0.29, 0.717) is 15.1 Å². The lowest BCUT2D eigenvalue weighted by Crippen LogP contribution is -2.07. The van der Waals surface area contributed by atoms with Crippen molar-refractivity contribution >= 4 is 56.4 Å². The van der Waals surface area contributed by atoms with Gasteiger partial charge in [0.05, 0.1) is 16.8 Å². The zero-order valence-electron chi connectivity index (χ0n) is 11.0. The second-order valence-electron chi connectivity index (χ2n) is 4.61. The lowest BCUT2D eigenvalue weighted by atomic mass is 10.1. The molecule has 0 aromatic heterocycles. The summed E-state index contributed by atoms with van der Waals surface area (Å²) in [5.41, 5.74) is 2.76. The molecule has 0 radical (unpaired) electrons. The van der Waals surface area contributed by atoms with Gasteiger partial charge >= 0.3 is 0 Å². The fraction of sp³-hybridized carbons (Fsp3) is 0.200. The Labute approximate surface area is 142 Å². The van der Waals surface area contributed by atoms with Crippen molar-refractivity contribution in [2.75, 3.05) is 5.32 Å². The van der Waals surface area contributed by atoms with Gasteiger partial charge < -0.3 is 5.32 Å². The highest BCUT2D eigenvalue weighted by Gasteiger charge is 2.12. The van der Waals surface area contributed by atoms with Crippen LogP contribution in [0.1, 0.15) is 24.1 Å². The van der Waals surface area contributed by atoms with Crippen LogP contribution in [0.2, 0.25) is 15.1 Å². The van der Waals surface area contributed by atoms with Crippen molar-refractivity contribution in [3.63, 3.8) is 0 Å². The van der Waals surface area contributed by atoms with Crippen molar-refractivity contribution in [1.29, 1.82) is 0 Å². The summed E-state index contributed by atoms with van der Waals surface area (Å²) in [4.78, 5) is 0. The van der Waals surface area contributed by atoms with Crippen molar-refractivity contribution < 1.29 is 0 Å². The monoisotopic (exact) mass is 391 g/mol. The third-order valence-electron chi connectivity index (χ3n) is 3.05. The Kier molecular flexibility index (Phi) is 5.25. The molecular formula is C15H13BrCl3N. The molecule has 5 heteroatoms. The minimum Gasteiger partial charge on any atom is -0.377 e. The Morgan fingerprint density at radius 1 is 1.00 bits per heavy atom. The lowest BCUT2D eigenvalue weighted by Gasteiger charge is -2.19. The first-order valence-corrected chi connectivity index (χ1v) is 7.98. The maximum atomic E-state index is 6.26. The molecular weight excluding hydrogens is 380 g/mol. The molecule has 106 valence electrons. The zero-order valence-corrected chi connectivity index (χ0v) is 14.8. The molecule has 1 unspecified atom stereocenters. The highest BCUT2D eigenvalue weighted by molar-refractivity contribution is 9.10. The average molecular weight is 394 g/mol. The van der Waals surface area contributed by atoms with Crippen molar-refractivity contribution in [1.82, 2.24) is 0 Å². The van der Waals surface area contributed by atoms with E-state index in [4.69, 9.17) is 34.8 Å². The molecule has 2 aromatic carbocycles. The first-order chi connectivity index (χ1) is 9.38. The summed E-state index contributed by atoms with van der Waals surface area (Å²) in [6, 6.07) is 9.52. The van der Waals surface area contributed by atoms with E-state index in [9.17, 15) is 0 Å². The number of nitrogens with one attached hydrogen (secondary N) is 1. The van der Waals surface area contributed by atoms with Gasteiger partial charge in [0.2, 0.25) is 0 Å². The molecule has 1 N–H and O–H groups in total. The van der Waals surface area contributed by atoms with Crippen molar-refractivity contribution in [2.24, 2.45) is 0 Å². The van der Waals surface area contributed by atoms with Gasteiger partial charge in [0, 0.05) is 14.5 Å². The summed E-state index contributed by atoms with van der Waals surface area (Å²) in [7, 11) is 0. The average Bonchev–Trinajstić information content (AvgIpc) is 2.35. The van der Waals surface area contributed by atoms with Crippen LogP contribution in [0.15, 0.2) is 34.8 Å². The first-order valence-electron chi connectivity index (χ1n) is 6.05. The Hall–Kier alpha value is -0.410. The van der Waals surface area contributed by atoms with Gasteiger partial charge in [-0.2, -0.15) is 0 Å². The van der Waals surface area contributed by atoms with Gasteiger partial charge in [0.15, 0.2) is 0 Å². The van der Waals surface area contributed by atoms with E-state index in [0.717, 1.165) is 21.3 Å². The summed E-state index contributed by atoms with van der Waals surface area (Å²) in [5.74, 6) is 0. The van der Waals surface area contributed by atoms with Gasteiger partial charge in [-0.1, -0.05) is 56.8 Å². The summed E-state index contributed by atoms with van der Waals surface area (Å²) < 4.78 is 0.954. The van der Waals surface area contributed by atoms with Crippen LogP contribution in [0.5, 0.6) is 0 Å². The smallest absolute Gasteiger partial charge is 0.0641 e. The topological polar surface area (TPSA) is 12.0 Å². The Morgan fingerprint density at radius 2 is 1.70 bits per heavy atom. The van der Waals surface area contributed by atoms with Gasteiger partial charge in [0.1, 0.15) is 0 Å². The number of rotatable bonds is 3. The van der Waals surface area contributed by atoms with E-state index in [-0.39, 0.29) is 6.04 Å². The third kappa shape index (κ3) is 3.62. The number of hydrogen-bond donors (Lipinski definition) is 1. The predicted molar refractivity (Wildman–Crippen MR) is 92.4 cm³/mol. The van der Waals surface area contributed by atoms with Crippen LogP contribution in [0, 0.1) is 6.92 Å². The molecule has 0 saturated heterocycles. The summed E-state index contributed by atoms with van der Waals surface area (Å²) in [6.07, 6.45) is 0.